The highest BCUT2D eigenvalue weighted by atomic mass is 16.5. The fraction of sp³-hybridized carbons (Fsp3) is 0.917. The second-order valence-corrected chi connectivity index (χ2v) is 4.62. The van der Waals surface area contributed by atoms with Gasteiger partial charge in [-0.05, 0) is 32.1 Å². The van der Waals surface area contributed by atoms with Gasteiger partial charge in [-0.3, -0.25) is 4.90 Å². The third-order valence-corrected chi connectivity index (χ3v) is 3.29. The van der Waals surface area contributed by atoms with Gasteiger partial charge in [0.25, 0.3) is 0 Å². The number of nitrogens with zero attached hydrogens (tertiary/aromatic N) is 2. The molecule has 0 radical (unpaired) electrons. The van der Waals surface area contributed by atoms with Crippen molar-refractivity contribution in [2.75, 3.05) is 19.7 Å². The van der Waals surface area contributed by atoms with Crippen LogP contribution in [-0.2, 0) is 4.74 Å². The molecule has 2 aliphatic rings. The van der Waals surface area contributed by atoms with Crippen LogP contribution >= 0.6 is 0 Å². The maximum Gasteiger partial charge on any atom is 0.0702 e. The van der Waals surface area contributed by atoms with Gasteiger partial charge in [0.1, 0.15) is 0 Å². The van der Waals surface area contributed by atoms with E-state index in [2.05, 4.69) is 11.0 Å². The third kappa shape index (κ3) is 3.48. The second kappa shape index (κ2) is 5.48. The quantitative estimate of drug-likeness (QED) is 0.692. The lowest BCUT2D eigenvalue weighted by Gasteiger charge is -2.29. The zero-order chi connectivity index (χ0) is 10.5. The van der Waals surface area contributed by atoms with Crippen molar-refractivity contribution < 1.29 is 4.74 Å². The Balaban J connectivity index is 1.74. The fourth-order valence-corrected chi connectivity index (χ4v) is 2.27. The van der Waals surface area contributed by atoms with E-state index in [1.165, 1.54) is 32.1 Å². The van der Waals surface area contributed by atoms with E-state index >= 15 is 0 Å². The van der Waals surface area contributed by atoms with Crippen molar-refractivity contribution in [1.29, 1.82) is 5.26 Å². The van der Waals surface area contributed by atoms with Gasteiger partial charge in [-0.25, -0.2) is 0 Å². The average Bonchev–Trinajstić information content (AvgIpc) is 3.09. The highest BCUT2D eigenvalue weighted by Crippen LogP contribution is 2.28. The summed E-state index contributed by atoms with van der Waals surface area (Å²) >= 11 is 0. The Morgan fingerprint density at radius 3 is 2.73 bits per heavy atom. The highest BCUT2D eigenvalue weighted by molar-refractivity contribution is 4.88. The Kier molecular flexibility index (Phi) is 3.99. The van der Waals surface area contributed by atoms with E-state index in [0.29, 0.717) is 12.5 Å². The molecule has 1 aliphatic heterocycles. The first-order chi connectivity index (χ1) is 7.40. The summed E-state index contributed by atoms with van der Waals surface area (Å²) in [6.45, 7) is 2.91. The minimum Gasteiger partial charge on any atom is -0.377 e. The fourth-order valence-electron chi connectivity index (χ4n) is 2.27. The molecule has 1 atom stereocenters. The molecule has 0 bridgehead atoms. The zero-order valence-electron chi connectivity index (χ0n) is 9.32. The molecule has 2 fully saturated rings. The molecule has 0 aromatic carbocycles. The smallest absolute Gasteiger partial charge is 0.0702 e. The molecule has 0 spiro atoms. The molecule has 0 amide bonds. The number of hydrogen-bond donors (Lipinski definition) is 0. The number of rotatable bonds is 5. The predicted octanol–water partition coefficient (Wildman–Crippen LogP) is 1.93. The topological polar surface area (TPSA) is 36.3 Å². The van der Waals surface area contributed by atoms with Crippen LogP contribution in [-0.4, -0.2) is 36.7 Å². The number of hydrogen-bond acceptors (Lipinski definition) is 3. The Morgan fingerprint density at radius 1 is 1.27 bits per heavy atom. The molecule has 1 saturated carbocycles. The molecule has 0 aromatic rings. The van der Waals surface area contributed by atoms with Crippen LogP contribution in [0.15, 0.2) is 0 Å². The van der Waals surface area contributed by atoms with Gasteiger partial charge in [-0.1, -0.05) is 0 Å². The van der Waals surface area contributed by atoms with E-state index in [9.17, 15) is 0 Å². The summed E-state index contributed by atoms with van der Waals surface area (Å²) in [7, 11) is 0. The molecule has 1 heterocycles. The molecule has 0 aromatic heterocycles. The van der Waals surface area contributed by atoms with Crippen LogP contribution in [0.1, 0.15) is 38.5 Å². The third-order valence-electron chi connectivity index (χ3n) is 3.29. The molecule has 1 unspecified atom stereocenters. The molecular weight excluding hydrogens is 188 g/mol. The van der Waals surface area contributed by atoms with Crippen LogP contribution in [0.5, 0.6) is 0 Å². The van der Waals surface area contributed by atoms with E-state index in [1.807, 2.05) is 0 Å². The van der Waals surface area contributed by atoms with Crippen molar-refractivity contribution in [2.24, 2.45) is 0 Å². The monoisotopic (exact) mass is 208 g/mol. The molecule has 1 saturated heterocycles. The Morgan fingerprint density at radius 2 is 2.13 bits per heavy atom. The maximum absolute atomic E-state index is 8.62. The van der Waals surface area contributed by atoms with Gasteiger partial charge in [0, 0.05) is 32.2 Å². The molecule has 2 rings (SSSR count). The van der Waals surface area contributed by atoms with Gasteiger partial charge in [0.05, 0.1) is 12.2 Å². The van der Waals surface area contributed by atoms with Gasteiger partial charge in [-0.15, -0.1) is 0 Å². The molecule has 0 N–H and O–H groups in total. The molecule has 1 aliphatic carbocycles. The summed E-state index contributed by atoms with van der Waals surface area (Å²) in [5.74, 6) is 0. The summed E-state index contributed by atoms with van der Waals surface area (Å²) in [6, 6.07) is 2.99. The van der Waals surface area contributed by atoms with Crippen molar-refractivity contribution in [3.8, 4) is 6.07 Å². The van der Waals surface area contributed by atoms with Crippen molar-refractivity contribution >= 4 is 0 Å². The van der Waals surface area contributed by atoms with Crippen LogP contribution in [0.3, 0.4) is 0 Å². The minimum absolute atomic E-state index is 0.429. The lowest BCUT2D eigenvalue weighted by molar-refractivity contribution is -0.00687. The van der Waals surface area contributed by atoms with E-state index in [-0.39, 0.29) is 0 Å². The van der Waals surface area contributed by atoms with Crippen LogP contribution in [0.4, 0.5) is 0 Å². The van der Waals surface area contributed by atoms with Crippen LogP contribution in [0, 0.1) is 11.3 Å². The normalized spacial score (nSPS) is 26.5. The van der Waals surface area contributed by atoms with Crippen LogP contribution < -0.4 is 0 Å². The van der Waals surface area contributed by atoms with Crippen LogP contribution in [0.2, 0.25) is 0 Å². The Bertz CT molecular complexity index is 226. The SMILES string of the molecule is N#CCCN(CC1CCCCO1)C1CC1. The Labute approximate surface area is 92.0 Å². The lowest BCUT2D eigenvalue weighted by Crippen LogP contribution is -2.37. The average molecular weight is 208 g/mol. The highest BCUT2D eigenvalue weighted by Gasteiger charge is 2.30. The van der Waals surface area contributed by atoms with E-state index in [0.717, 1.165) is 25.7 Å². The van der Waals surface area contributed by atoms with Gasteiger partial charge in [0.15, 0.2) is 0 Å². The van der Waals surface area contributed by atoms with E-state index in [4.69, 9.17) is 10.00 Å². The van der Waals surface area contributed by atoms with Gasteiger partial charge < -0.3 is 4.74 Å². The summed E-state index contributed by atoms with van der Waals surface area (Å²) < 4.78 is 5.74. The largest absolute Gasteiger partial charge is 0.377 e. The predicted molar refractivity (Wildman–Crippen MR) is 58.4 cm³/mol. The first-order valence-corrected chi connectivity index (χ1v) is 6.13. The molecular formula is C12H20N2O. The summed E-state index contributed by atoms with van der Waals surface area (Å²) in [4.78, 5) is 2.46. The van der Waals surface area contributed by atoms with Crippen LogP contribution in [0.25, 0.3) is 0 Å². The summed E-state index contributed by atoms with van der Waals surface area (Å²) in [5.41, 5.74) is 0. The molecule has 84 valence electrons. The van der Waals surface area contributed by atoms with Crippen molar-refractivity contribution in [3.05, 3.63) is 0 Å². The molecule has 3 nitrogen and oxygen atoms in total. The van der Waals surface area contributed by atoms with Gasteiger partial charge in [0.2, 0.25) is 0 Å². The first-order valence-electron chi connectivity index (χ1n) is 6.13. The zero-order valence-corrected chi connectivity index (χ0v) is 9.32. The lowest BCUT2D eigenvalue weighted by atomic mass is 10.1. The van der Waals surface area contributed by atoms with Gasteiger partial charge in [-0.2, -0.15) is 5.26 Å². The standard InChI is InChI=1S/C12H20N2O/c13-7-3-8-14(11-5-6-11)10-12-4-1-2-9-15-12/h11-12H,1-6,8-10H2. The van der Waals surface area contributed by atoms with Crippen molar-refractivity contribution in [3.63, 3.8) is 0 Å². The minimum atomic E-state index is 0.429. The number of ether oxygens (including phenoxy) is 1. The number of nitriles is 1. The van der Waals surface area contributed by atoms with Crippen molar-refractivity contribution in [2.45, 2.75) is 50.7 Å². The molecule has 15 heavy (non-hydrogen) atoms. The second-order valence-electron chi connectivity index (χ2n) is 4.62. The Hall–Kier alpha value is -0.590. The van der Waals surface area contributed by atoms with Gasteiger partial charge >= 0.3 is 0 Å². The van der Waals surface area contributed by atoms with E-state index < -0.39 is 0 Å². The summed E-state index contributed by atoms with van der Waals surface area (Å²) in [6.07, 6.45) is 7.45. The summed E-state index contributed by atoms with van der Waals surface area (Å²) in [5, 5.41) is 8.62. The van der Waals surface area contributed by atoms with E-state index in [1.54, 1.807) is 0 Å². The first kappa shape index (κ1) is 10.9. The maximum atomic E-state index is 8.62. The molecule has 3 heteroatoms. The van der Waals surface area contributed by atoms with Crippen molar-refractivity contribution in [1.82, 2.24) is 4.90 Å².